The molecule has 1 aromatic heterocycles. The SMILES string of the molecule is Cc1nc(C23CC4CC(CC(C4)C2)C3)cs1.[Cl-]. The Morgan fingerprint density at radius 2 is 1.65 bits per heavy atom. The number of aryl methyl sites for hydroxylation is 1. The quantitative estimate of drug-likeness (QED) is 0.738. The molecule has 4 aliphatic carbocycles. The van der Waals surface area contributed by atoms with Crippen LogP contribution >= 0.6 is 11.3 Å². The van der Waals surface area contributed by atoms with Crippen molar-refractivity contribution >= 4 is 11.3 Å². The van der Waals surface area contributed by atoms with Gasteiger partial charge in [0, 0.05) is 10.8 Å². The minimum Gasteiger partial charge on any atom is -1.00 e. The molecule has 4 saturated carbocycles. The number of hydrogen-bond donors (Lipinski definition) is 0. The van der Waals surface area contributed by atoms with Gasteiger partial charge in [-0.2, -0.15) is 0 Å². The van der Waals surface area contributed by atoms with Crippen molar-refractivity contribution in [3.05, 3.63) is 16.1 Å². The third-order valence-corrected chi connectivity index (χ3v) is 5.97. The molecule has 4 bridgehead atoms. The molecule has 1 aromatic rings. The highest BCUT2D eigenvalue weighted by molar-refractivity contribution is 7.09. The van der Waals surface area contributed by atoms with Crippen LogP contribution in [0.5, 0.6) is 0 Å². The molecule has 0 spiro atoms. The summed E-state index contributed by atoms with van der Waals surface area (Å²) in [6.45, 7) is 2.15. The molecule has 1 nitrogen and oxygen atoms in total. The predicted molar refractivity (Wildman–Crippen MR) is 66.7 cm³/mol. The highest BCUT2D eigenvalue weighted by atomic mass is 35.5. The molecule has 4 aliphatic rings. The minimum absolute atomic E-state index is 0. The van der Waals surface area contributed by atoms with Crippen LogP contribution in [0.3, 0.4) is 0 Å². The maximum Gasteiger partial charge on any atom is 0.0897 e. The van der Waals surface area contributed by atoms with Gasteiger partial charge in [-0.15, -0.1) is 11.3 Å². The summed E-state index contributed by atoms with van der Waals surface area (Å²) < 4.78 is 0. The number of hydrogen-bond acceptors (Lipinski definition) is 2. The van der Waals surface area contributed by atoms with Gasteiger partial charge in [0.05, 0.1) is 10.7 Å². The lowest BCUT2D eigenvalue weighted by atomic mass is 9.49. The molecule has 0 unspecified atom stereocenters. The molecule has 0 saturated heterocycles. The van der Waals surface area contributed by atoms with Gasteiger partial charge < -0.3 is 12.4 Å². The Labute approximate surface area is 113 Å². The fourth-order valence-electron chi connectivity index (χ4n) is 5.03. The molecule has 0 radical (unpaired) electrons. The van der Waals surface area contributed by atoms with Crippen molar-refractivity contribution in [2.45, 2.75) is 50.9 Å². The van der Waals surface area contributed by atoms with Gasteiger partial charge in [-0.1, -0.05) is 0 Å². The van der Waals surface area contributed by atoms with Gasteiger partial charge in [0.2, 0.25) is 0 Å². The second-order valence-electron chi connectivity index (χ2n) is 6.45. The fourth-order valence-corrected chi connectivity index (χ4v) is 5.77. The lowest BCUT2D eigenvalue weighted by molar-refractivity contribution is -0.00698. The zero-order chi connectivity index (χ0) is 10.8. The Balaban J connectivity index is 0.000000902. The van der Waals surface area contributed by atoms with Crippen molar-refractivity contribution in [3.63, 3.8) is 0 Å². The van der Waals surface area contributed by atoms with Crippen molar-refractivity contribution in [2.75, 3.05) is 0 Å². The lowest BCUT2D eigenvalue weighted by Crippen LogP contribution is -3.00. The number of rotatable bonds is 1. The Morgan fingerprint density at radius 3 is 2.06 bits per heavy atom. The largest absolute Gasteiger partial charge is 1.00 e. The third kappa shape index (κ3) is 1.76. The molecule has 3 heteroatoms. The normalized spacial score (nSPS) is 42.5. The van der Waals surface area contributed by atoms with Gasteiger partial charge in [-0.3, -0.25) is 0 Å². The van der Waals surface area contributed by atoms with Crippen LogP contribution in [0.2, 0.25) is 0 Å². The second-order valence-corrected chi connectivity index (χ2v) is 7.51. The Morgan fingerprint density at radius 1 is 1.12 bits per heavy atom. The highest BCUT2D eigenvalue weighted by Gasteiger charge is 2.52. The summed E-state index contributed by atoms with van der Waals surface area (Å²) in [5.74, 6) is 3.11. The van der Waals surface area contributed by atoms with E-state index in [1.54, 1.807) is 0 Å². The molecule has 0 N–H and O–H groups in total. The maximum atomic E-state index is 4.82. The second kappa shape index (κ2) is 3.96. The van der Waals surface area contributed by atoms with Crippen LogP contribution in [0.4, 0.5) is 0 Å². The van der Waals surface area contributed by atoms with Crippen LogP contribution in [-0.4, -0.2) is 4.98 Å². The van der Waals surface area contributed by atoms with Gasteiger partial charge in [0.25, 0.3) is 0 Å². The summed E-state index contributed by atoms with van der Waals surface area (Å²) in [5.41, 5.74) is 1.97. The van der Waals surface area contributed by atoms with Gasteiger partial charge in [0.1, 0.15) is 0 Å². The molecule has 5 rings (SSSR count). The fraction of sp³-hybridized carbons (Fsp3) is 0.786. The van der Waals surface area contributed by atoms with E-state index >= 15 is 0 Å². The van der Waals surface area contributed by atoms with Gasteiger partial charge >= 0.3 is 0 Å². The van der Waals surface area contributed by atoms with E-state index < -0.39 is 0 Å². The predicted octanol–water partition coefficient (Wildman–Crippen LogP) is 0.923. The topological polar surface area (TPSA) is 12.9 Å². The van der Waals surface area contributed by atoms with E-state index in [0.29, 0.717) is 5.41 Å². The molecular formula is C14H19ClNS-. The van der Waals surface area contributed by atoms with Gasteiger partial charge in [0.15, 0.2) is 0 Å². The lowest BCUT2D eigenvalue weighted by Gasteiger charge is -2.56. The number of nitrogens with zero attached hydrogens (tertiary/aromatic N) is 1. The summed E-state index contributed by atoms with van der Waals surface area (Å²) in [5, 5.41) is 3.60. The molecule has 1 heterocycles. The first-order valence-corrected chi connectivity index (χ1v) is 7.54. The Kier molecular flexibility index (Phi) is 2.79. The first-order valence-electron chi connectivity index (χ1n) is 6.66. The minimum atomic E-state index is 0. The van der Waals surface area contributed by atoms with Crippen LogP contribution < -0.4 is 12.4 Å². The van der Waals surface area contributed by atoms with Crippen LogP contribution in [-0.2, 0) is 5.41 Å². The van der Waals surface area contributed by atoms with E-state index in [-0.39, 0.29) is 12.4 Å². The zero-order valence-electron chi connectivity index (χ0n) is 10.3. The van der Waals surface area contributed by atoms with Crippen molar-refractivity contribution in [3.8, 4) is 0 Å². The summed E-state index contributed by atoms with van der Waals surface area (Å²) in [6, 6.07) is 0. The van der Waals surface area contributed by atoms with E-state index in [1.807, 2.05) is 11.3 Å². The monoisotopic (exact) mass is 268 g/mol. The van der Waals surface area contributed by atoms with Crippen molar-refractivity contribution in [1.29, 1.82) is 0 Å². The van der Waals surface area contributed by atoms with Gasteiger partial charge in [-0.05, 0) is 63.2 Å². The maximum absolute atomic E-state index is 4.82. The Hall–Kier alpha value is -0.0800. The van der Waals surface area contributed by atoms with Crippen LogP contribution in [0, 0.1) is 24.7 Å². The number of aromatic nitrogens is 1. The smallest absolute Gasteiger partial charge is 0.0897 e. The highest BCUT2D eigenvalue weighted by Crippen LogP contribution is 2.60. The van der Waals surface area contributed by atoms with E-state index in [9.17, 15) is 0 Å². The standard InChI is InChI=1S/C14H19NS.ClH/c1-9-15-13(8-16-9)14-5-10-2-11(6-14)4-12(3-10)7-14;/h8,10-12H,2-7H2,1H3;1H/p-1. The molecule has 0 aromatic carbocycles. The average molecular weight is 269 g/mol. The van der Waals surface area contributed by atoms with Crippen molar-refractivity contribution < 1.29 is 12.4 Å². The van der Waals surface area contributed by atoms with E-state index in [0.717, 1.165) is 17.8 Å². The van der Waals surface area contributed by atoms with Crippen LogP contribution in [0.25, 0.3) is 0 Å². The third-order valence-electron chi connectivity index (χ3n) is 5.20. The number of thiazole rings is 1. The van der Waals surface area contributed by atoms with Crippen LogP contribution in [0.15, 0.2) is 5.38 Å². The van der Waals surface area contributed by atoms with E-state index in [4.69, 9.17) is 4.98 Å². The summed E-state index contributed by atoms with van der Waals surface area (Å²) in [7, 11) is 0. The Bertz CT molecular complexity index is 390. The van der Waals surface area contributed by atoms with E-state index in [2.05, 4.69) is 12.3 Å². The molecule has 4 fully saturated rings. The molecule has 94 valence electrons. The first kappa shape index (κ1) is 12.0. The molecule has 0 aliphatic heterocycles. The molecule has 17 heavy (non-hydrogen) atoms. The molecule has 0 atom stereocenters. The summed E-state index contributed by atoms with van der Waals surface area (Å²) in [6.07, 6.45) is 8.93. The first-order chi connectivity index (χ1) is 7.73. The van der Waals surface area contributed by atoms with Crippen LogP contribution in [0.1, 0.15) is 49.2 Å². The van der Waals surface area contributed by atoms with E-state index in [1.165, 1.54) is 49.2 Å². The number of halogens is 1. The van der Waals surface area contributed by atoms with Gasteiger partial charge in [-0.25, -0.2) is 4.98 Å². The average Bonchev–Trinajstić information content (AvgIpc) is 2.63. The summed E-state index contributed by atoms with van der Waals surface area (Å²) >= 11 is 1.84. The molecule has 0 amide bonds. The zero-order valence-corrected chi connectivity index (χ0v) is 11.9. The molecular weight excluding hydrogens is 250 g/mol. The van der Waals surface area contributed by atoms with Crippen molar-refractivity contribution in [2.24, 2.45) is 17.8 Å². The van der Waals surface area contributed by atoms with Crippen molar-refractivity contribution in [1.82, 2.24) is 4.98 Å². The summed E-state index contributed by atoms with van der Waals surface area (Å²) in [4.78, 5) is 4.82.